The molecular weight excluding hydrogens is 300 g/mol. The first-order valence-electron chi connectivity index (χ1n) is 7.99. The number of hydrogen-bond acceptors (Lipinski definition) is 3. The van der Waals surface area contributed by atoms with Crippen LogP contribution in [0.5, 0.6) is 0 Å². The average molecular weight is 323 g/mol. The summed E-state index contributed by atoms with van der Waals surface area (Å²) < 4.78 is 0. The van der Waals surface area contributed by atoms with E-state index in [2.05, 4.69) is 15.5 Å². The molecule has 120 valence electrons. The minimum atomic E-state index is 0.0858. The van der Waals surface area contributed by atoms with Crippen LogP contribution >= 0.6 is 11.6 Å². The molecule has 0 spiro atoms. The lowest BCUT2D eigenvalue weighted by Crippen LogP contribution is -2.54. The van der Waals surface area contributed by atoms with E-state index in [0.29, 0.717) is 6.04 Å². The van der Waals surface area contributed by atoms with Crippen LogP contribution in [0, 0.1) is 0 Å². The molecule has 0 aliphatic carbocycles. The molecule has 0 atom stereocenters. The van der Waals surface area contributed by atoms with Crippen molar-refractivity contribution >= 4 is 23.3 Å². The van der Waals surface area contributed by atoms with E-state index in [1.165, 1.54) is 5.69 Å². The van der Waals surface area contributed by atoms with Crippen LogP contribution in [0.3, 0.4) is 0 Å². The van der Waals surface area contributed by atoms with Gasteiger partial charge in [0.1, 0.15) is 0 Å². The number of rotatable bonds is 2. The van der Waals surface area contributed by atoms with Crippen molar-refractivity contribution in [1.82, 2.24) is 15.5 Å². The molecule has 3 rings (SSSR count). The van der Waals surface area contributed by atoms with Gasteiger partial charge in [0, 0.05) is 42.9 Å². The number of amides is 2. The van der Waals surface area contributed by atoms with E-state index in [-0.39, 0.29) is 6.03 Å². The second-order valence-corrected chi connectivity index (χ2v) is 6.36. The van der Waals surface area contributed by atoms with E-state index in [1.54, 1.807) is 0 Å². The fraction of sp³-hybridized carbons (Fsp3) is 0.562. The summed E-state index contributed by atoms with van der Waals surface area (Å²) in [6.45, 7) is 5.24. The Balaban J connectivity index is 1.48. The molecule has 0 unspecified atom stereocenters. The second-order valence-electron chi connectivity index (χ2n) is 5.92. The molecule has 2 aliphatic rings. The molecule has 0 bridgehead atoms. The number of carbonyl (C=O) groups excluding carboxylic acids is 1. The first-order valence-corrected chi connectivity index (χ1v) is 8.37. The van der Waals surface area contributed by atoms with Gasteiger partial charge in [0.2, 0.25) is 0 Å². The van der Waals surface area contributed by atoms with Gasteiger partial charge < -0.3 is 20.4 Å². The maximum atomic E-state index is 12.3. The van der Waals surface area contributed by atoms with Gasteiger partial charge in [-0.25, -0.2) is 4.79 Å². The predicted molar refractivity (Wildman–Crippen MR) is 89.7 cm³/mol. The fourth-order valence-corrected chi connectivity index (χ4v) is 3.18. The maximum Gasteiger partial charge on any atom is 0.317 e. The highest BCUT2D eigenvalue weighted by Crippen LogP contribution is 2.19. The van der Waals surface area contributed by atoms with Crippen LogP contribution in [0.4, 0.5) is 10.5 Å². The summed E-state index contributed by atoms with van der Waals surface area (Å²) >= 11 is 5.92. The first-order chi connectivity index (χ1) is 10.7. The molecule has 2 fully saturated rings. The minimum Gasteiger partial charge on any atom is -0.368 e. The van der Waals surface area contributed by atoms with Crippen LogP contribution < -0.4 is 15.5 Å². The normalized spacial score (nSPS) is 20.0. The van der Waals surface area contributed by atoms with Crippen LogP contribution in [0.1, 0.15) is 12.8 Å². The summed E-state index contributed by atoms with van der Waals surface area (Å²) in [7, 11) is 0. The molecule has 0 radical (unpaired) electrons. The van der Waals surface area contributed by atoms with Crippen molar-refractivity contribution in [3.63, 3.8) is 0 Å². The zero-order valence-corrected chi connectivity index (χ0v) is 13.5. The van der Waals surface area contributed by atoms with Gasteiger partial charge in [-0.15, -0.1) is 0 Å². The van der Waals surface area contributed by atoms with Gasteiger partial charge in [-0.05, 0) is 50.2 Å². The molecule has 2 saturated heterocycles. The number of nitrogens with one attached hydrogen (secondary N) is 2. The van der Waals surface area contributed by atoms with E-state index in [9.17, 15) is 4.79 Å². The molecule has 5 nitrogen and oxygen atoms in total. The molecule has 6 heteroatoms. The summed E-state index contributed by atoms with van der Waals surface area (Å²) in [5.74, 6) is 0. The number of urea groups is 1. The fourth-order valence-electron chi connectivity index (χ4n) is 3.05. The lowest BCUT2D eigenvalue weighted by Gasteiger charge is -2.37. The molecule has 1 aromatic carbocycles. The van der Waals surface area contributed by atoms with Gasteiger partial charge in [-0.1, -0.05) is 11.6 Å². The van der Waals surface area contributed by atoms with Gasteiger partial charge in [-0.2, -0.15) is 0 Å². The quantitative estimate of drug-likeness (QED) is 0.874. The van der Waals surface area contributed by atoms with E-state index in [0.717, 1.165) is 57.1 Å². The van der Waals surface area contributed by atoms with E-state index >= 15 is 0 Å². The van der Waals surface area contributed by atoms with Gasteiger partial charge >= 0.3 is 6.03 Å². The summed E-state index contributed by atoms with van der Waals surface area (Å²) in [5.41, 5.74) is 1.17. The Hall–Kier alpha value is -1.46. The highest BCUT2D eigenvalue weighted by molar-refractivity contribution is 6.30. The van der Waals surface area contributed by atoms with E-state index < -0.39 is 0 Å². The molecular formula is C16H23ClN4O. The summed E-state index contributed by atoms with van der Waals surface area (Å²) in [6.07, 6.45) is 2.05. The van der Waals surface area contributed by atoms with Crippen molar-refractivity contribution in [3.8, 4) is 0 Å². The second kappa shape index (κ2) is 7.20. The Kier molecular flexibility index (Phi) is 5.05. The molecule has 0 aromatic heterocycles. The maximum absolute atomic E-state index is 12.3. The van der Waals surface area contributed by atoms with Crippen molar-refractivity contribution in [3.05, 3.63) is 29.3 Å². The van der Waals surface area contributed by atoms with Crippen molar-refractivity contribution in [2.45, 2.75) is 18.9 Å². The molecule has 0 saturated carbocycles. The van der Waals surface area contributed by atoms with Crippen LogP contribution in [0.15, 0.2) is 24.3 Å². The summed E-state index contributed by atoms with van der Waals surface area (Å²) in [4.78, 5) is 16.5. The first kappa shape index (κ1) is 15.4. The van der Waals surface area contributed by atoms with E-state index in [4.69, 9.17) is 11.6 Å². The number of benzene rings is 1. The minimum absolute atomic E-state index is 0.0858. The van der Waals surface area contributed by atoms with Crippen molar-refractivity contribution < 1.29 is 4.79 Å². The Labute approximate surface area is 136 Å². The van der Waals surface area contributed by atoms with Crippen molar-refractivity contribution in [2.75, 3.05) is 44.2 Å². The standard InChI is InChI=1S/C16H23ClN4O/c17-13-1-3-15(4-2-13)20-9-11-21(12-10-20)16(22)19-14-5-7-18-8-6-14/h1-4,14,18H,5-12H2,(H,19,22). The molecule has 22 heavy (non-hydrogen) atoms. The Bertz CT molecular complexity index is 493. The smallest absolute Gasteiger partial charge is 0.317 e. The number of halogens is 1. The Morgan fingerprint density at radius 1 is 1.09 bits per heavy atom. The number of nitrogens with zero attached hydrogens (tertiary/aromatic N) is 2. The monoisotopic (exact) mass is 322 g/mol. The molecule has 1 aromatic rings. The summed E-state index contributed by atoms with van der Waals surface area (Å²) in [5, 5.41) is 7.23. The zero-order chi connectivity index (χ0) is 15.4. The van der Waals surface area contributed by atoms with Crippen molar-refractivity contribution in [1.29, 1.82) is 0 Å². The highest BCUT2D eigenvalue weighted by Gasteiger charge is 2.23. The zero-order valence-electron chi connectivity index (χ0n) is 12.7. The molecule has 2 aliphatic heterocycles. The van der Waals surface area contributed by atoms with Gasteiger partial charge in [0.15, 0.2) is 0 Å². The third-order valence-corrected chi connectivity index (χ3v) is 4.68. The number of piperazine rings is 1. The predicted octanol–water partition coefficient (Wildman–Crippen LogP) is 1.92. The van der Waals surface area contributed by atoms with E-state index in [1.807, 2.05) is 29.2 Å². The van der Waals surface area contributed by atoms with Gasteiger partial charge in [0.25, 0.3) is 0 Å². The van der Waals surface area contributed by atoms with Crippen molar-refractivity contribution in [2.24, 2.45) is 0 Å². The SMILES string of the molecule is O=C(NC1CCNCC1)N1CCN(c2ccc(Cl)cc2)CC1. The average Bonchev–Trinajstić information content (AvgIpc) is 2.57. The molecule has 2 amide bonds. The summed E-state index contributed by atoms with van der Waals surface area (Å²) in [6, 6.07) is 8.30. The lowest BCUT2D eigenvalue weighted by atomic mass is 10.1. The third kappa shape index (κ3) is 3.84. The number of anilines is 1. The lowest BCUT2D eigenvalue weighted by molar-refractivity contribution is 0.187. The van der Waals surface area contributed by atoms with Crippen LogP contribution in [-0.2, 0) is 0 Å². The van der Waals surface area contributed by atoms with Gasteiger partial charge in [-0.3, -0.25) is 0 Å². The molecule has 2 heterocycles. The largest absolute Gasteiger partial charge is 0.368 e. The van der Waals surface area contributed by atoms with Crippen LogP contribution in [0.25, 0.3) is 0 Å². The molecule has 2 N–H and O–H groups in total. The Morgan fingerprint density at radius 3 is 2.36 bits per heavy atom. The number of carbonyl (C=O) groups is 1. The number of piperidine rings is 1. The Morgan fingerprint density at radius 2 is 1.73 bits per heavy atom. The van der Waals surface area contributed by atoms with Gasteiger partial charge in [0.05, 0.1) is 0 Å². The topological polar surface area (TPSA) is 47.6 Å². The number of hydrogen-bond donors (Lipinski definition) is 2. The third-order valence-electron chi connectivity index (χ3n) is 4.43. The highest BCUT2D eigenvalue weighted by atomic mass is 35.5. The van der Waals surface area contributed by atoms with Crippen LogP contribution in [0.2, 0.25) is 5.02 Å². The van der Waals surface area contributed by atoms with Crippen LogP contribution in [-0.4, -0.2) is 56.2 Å².